The van der Waals surface area contributed by atoms with Crippen molar-refractivity contribution in [2.45, 2.75) is 0 Å². The molecule has 3 aromatic rings. The van der Waals surface area contributed by atoms with Crippen molar-refractivity contribution < 1.29 is 19.1 Å². The largest absolute Gasteiger partial charge is 0.490 e. The lowest BCUT2D eigenvalue weighted by Crippen LogP contribution is -2.39. The van der Waals surface area contributed by atoms with Gasteiger partial charge in [-0.25, -0.2) is 4.79 Å². The number of benzene rings is 3. The van der Waals surface area contributed by atoms with Gasteiger partial charge in [-0.05, 0) is 35.2 Å². The zero-order valence-corrected chi connectivity index (χ0v) is 17.8. The van der Waals surface area contributed by atoms with Gasteiger partial charge in [0.15, 0.2) is 0 Å². The average Bonchev–Trinajstić information content (AvgIpc) is 3.10. The lowest BCUT2D eigenvalue weighted by molar-refractivity contribution is -0.115. The van der Waals surface area contributed by atoms with Crippen LogP contribution in [0, 0.1) is 0 Å². The SMILES string of the molecule is O=C1NC(=S)SC1=Cc1ccc2c(c1)N(C(=O)Oc1cccc3ccccc13)CCO2. The smallest absolute Gasteiger partial charge is 0.420 e. The van der Waals surface area contributed by atoms with Crippen LogP contribution in [-0.2, 0) is 4.79 Å². The maximum Gasteiger partial charge on any atom is 0.420 e. The molecule has 154 valence electrons. The highest BCUT2D eigenvalue weighted by Gasteiger charge is 2.27. The van der Waals surface area contributed by atoms with E-state index in [-0.39, 0.29) is 5.91 Å². The van der Waals surface area contributed by atoms with E-state index >= 15 is 0 Å². The number of nitrogens with one attached hydrogen (secondary N) is 1. The minimum absolute atomic E-state index is 0.226. The fourth-order valence-electron chi connectivity index (χ4n) is 3.52. The number of amides is 2. The molecule has 0 atom stereocenters. The molecule has 6 nitrogen and oxygen atoms in total. The van der Waals surface area contributed by atoms with Crippen molar-refractivity contribution in [3.63, 3.8) is 0 Å². The highest BCUT2D eigenvalue weighted by Crippen LogP contribution is 2.35. The van der Waals surface area contributed by atoms with Crippen LogP contribution in [0.5, 0.6) is 11.5 Å². The summed E-state index contributed by atoms with van der Waals surface area (Å²) in [5.41, 5.74) is 1.35. The molecule has 0 unspecified atom stereocenters. The number of rotatable bonds is 2. The third-order valence-corrected chi connectivity index (χ3v) is 6.12. The molecule has 0 saturated carbocycles. The summed E-state index contributed by atoms with van der Waals surface area (Å²) in [6.07, 6.45) is 1.25. The van der Waals surface area contributed by atoms with Crippen molar-refractivity contribution in [3.8, 4) is 11.5 Å². The van der Waals surface area contributed by atoms with E-state index in [0.717, 1.165) is 16.3 Å². The van der Waals surface area contributed by atoms with Gasteiger partial charge in [0.1, 0.15) is 22.4 Å². The molecule has 8 heteroatoms. The van der Waals surface area contributed by atoms with Gasteiger partial charge in [0, 0.05) is 5.39 Å². The van der Waals surface area contributed by atoms with Crippen LogP contribution in [0.4, 0.5) is 10.5 Å². The number of nitrogens with zero attached hydrogens (tertiary/aromatic N) is 1. The number of fused-ring (bicyclic) bond motifs is 2. The standard InChI is InChI=1S/C23H16N2O4S2/c26-21-20(31-22(30)24-21)13-14-8-9-19-17(12-14)25(10-11-28-19)23(27)29-18-7-3-5-15-4-1-2-6-16(15)18/h1-9,12-13H,10-11H2,(H,24,26,30). The normalized spacial score (nSPS) is 16.8. The van der Waals surface area contributed by atoms with Gasteiger partial charge in [-0.2, -0.15) is 0 Å². The highest BCUT2D eigenvalue weighted by molar-refractivity contribution is 8.26. The second-order valence-corrected chi connectivity index (χ2v) is 8.64. The lowest BCUT2D eigenvalue weighted by atomic mass is 10.1. The number of thioether (sulfide) groups is 1. The fourth-order valence-corrected chi connectivity index (χ4v) is 4.56. The molecule has 1 saturated heterocycles. The van der Waals surface area contributed by atoms with Gasteiger partial charge in [0.05, 0.1) is 17.1 Å². The summed E-state index contributed by atoms with van der Waals surface area (Å²) >= 11 is 6.25. The van der Waals surface area contributed by atoms with E-state index in [1.54, 1.807) is 29.2 Å². The van der Waals surface area contributed by atoms with Crippen molar-refractivity contribution in [1.29, 1.82) is 0 Å². The molecule has 0 aliphatic carbocycles. The zero-order valence-electron chi connectivity index (χ0n) is 16.2. The van der Waals surface area contributed by atoms with Crippen LogP contribution >= 0.6 is 24.0 Å². The number of carbonyl (C=O) groups is 2. The van der Waals surface area contributed by atoms with Gasteiger partial charge in [-0.15, -0.1) is 0 Å². The maximum absolute atomic E-state index is 13.1. The third-order valence-electron chi connectivity index (χ3n) is 4.95. The molecular weight excluding hydrogens is 432 g/mol. The Bertz CT molecular complexity index is 1270. The summed E-state index contributed by atoms with van der Waals surface area (Å²) in [5.74, 6) is 0.862. The van der Waals surface area contributed by atoms with Crippen molar-refractivity contribution in [2.75, 3.05) is 18.1 Å². The molecule has 2 aliphatic heterocycles. The van der Waals surface area contributed by atoms with E-state index in [1.807, 2.05) is 42.5 Å². The maximum atomic E-state index is 13.1. The number of carbonyl (C=O) groups excluding carboxylic acids is 2. The number of ether oxygens (including phenoxy) is 2. The summed E-state index contributed by atoms with van der Waals surface area (Å²) in [7, 11) is 0. The van der Waals surface area contributed by atoms with Crippen LogP contribution in [0.25, 0.3) is 16.8 Å². The molecule has 3 aromatic carbocycles. The number of thiocarbonyl (C=S) groups is 1. The summed E-state index contributed by atoms with van der Waals surface area (Å²) in [4.78, 5) is 27.1. The van der Waals surface area contributed by atoms with Crippen LogP contribution in [-0.4, -0.2) is 29.5 Å². The third kappa shape index (κ3) is 3.87. The van der Waals surface area contributed by atoms with Crippen molar-refractivity contribution >= 4 is 62.8 Å². The number of hydrogen-bond acceptors (Lipinski definition) is 6. The van der Waals surface area contributed by atoms with E-state index in [1.165, 1.54) is 11.8 Å². The number of anilines is 1. The first-order valence-electron chi connectivity index (χ1n) is 9.57. The van der Waals surface area contributed by atoms with E-state index < -0.39 is 6.09 Å². The molecule has 2 aliphatic rings. The molecule has 1 N–H and O–H groups in total. The second kappa shape index (κ2) is 8.05. The predicted octanol–water partition coefficient (Wildman–Crippen LogP) is 4.73. The highest BCUT2D eigenvalue weighted by atomic mass is 32.2. The Morgan fingerprint density at radius 2 is 2.00 bits per heavy atom. The Balaban J connectivity index is 1.45. The van der Waals surface area contributed by atoms with Crippen molar-refractivity contribution in [1.82, 2.24) is 5.32 Å². The van der Waals surface area contributed by atoms with Gasteiger partial charge < -0.3 is 14.8 Å². The quantitative estimate of drug-likeness (QED) is 0.452. The van der Waals surface area contributed by atoms with Crippen molar-refractivity contribution in [2.24, 2.45) is 0 Å². The Morgan fingerprint density at radius 3 is 2.84 bits per heavy atom. The second-order valence-electron chi connectivity index (χ2n) is 6.92. The molecule has 1 fully saturated rings. The van der Waals surface area contributed by atoms with E-state index in [9.17, 15) is 9.59 Å². The molecule has 0 radical (unpaired) electrons. The molecule has 0 spiro atoms. The fraction of sp³-hybridized carbons (Fsp3) is 0.0870. The van der Waals surface area contributed by atoms with Crippen LogP contribution in [0.2, 0.25) is 0 Å². The summed E-state index contributed by atoms with van der Waals surface area (Å²) in [6, 6.07) is 18.8. The summed E-state index contributed by atoms with van der Waals surface area (Å²) in [6.45, 7) is 0.723. The molecule has 0 aromatic heterocycles. The van der Waals surface area contributed by atoms with E-state index in [4.69, 9.17) is 21.7 Å². The average molecular weight is 449 g/mol. The summed E-state index contributed by atoms with van der Waals surface area (Å²) < 4.78 is 11.9. The lowest BCUT2D eigenvalue weighted by Gasteiger charge is -2.29. The molecule has 5 rings (SSSR count). The molecule has 2 heterocycles. The van der Waals surface area contributed by atoms with Gasteiger partial charge in [0.2, 0.25) is 0 Å². The van der Waals surface area contributed by atoms with Crippen molar-refractivity contribution in [3.05, 3.63) is 71.1 Å². The van der Waals surface area contributed by atoms with E-state index in [2.05, 4.69) is 5.32 Å². The first kappa shape index (κ1) is 19.6. The first-order valence-corrected chi connectivity index (χ1v) is 10.8. The molecule has 2 amide bonds. The van der Waals surface area contributed by atoms with Crippen LogP contribution in [0.1, 0.15) is 5.56 Å². The Kier molecular flexibility index (Phi) is 5.09. The topological polar surface area (TPSA) is 67.9 Å². The molecule has 31 heavy (non-hydrogen) atoms. The van der Waals surface area contributed by atoms with Crippen LogP contribution < -0.4 is 19.7 Å². The summed E-state index contributed by atoms with van der Waals surface area (Å²) in [5, 5.41) is 4.46. The Hall–Kier alpha value is -3.36. The zero-order chi connectivity index (χ0) is 21.4. The van der Waals surface area contributed by atoms with Crippen LogP contribution in [0.15, 0.2) is 65.6 Å². The minimum Gasteiger partial charge on any atom is -0.490 e. The van der Waals surface area contributed by atoms with Gasteiger partial charge in [0.25, 0.3) is 5.91 Å². The van der Waals surface area contributed by atoms with E-state index in [0.29, 0.717) is 39.6 Å². The van der Waals surface area contributed by atoms with Gasteiger partial charge in [-0.1, -0.05) is 66.4 Å². The molecule has 0 bridgehead atoms. The Labute approximate surface area is 187 Å². The first-order chi connectivity index (χ1) is 15.1. The molecular formula is C23H16N2O4S2. The minimum atomic E-state index is -0.486. The van der Waals surface area contributed by atoms with Gasteiger partial charge in [-0.3, -0.25) is 9.69 Å². The Morgan fingerprint density at radius 1 is 1.16 bits per heavy atom. The predicted molar refractivity (Wildman–Crippen MR) is 126 cm³/mol. The number of hydrogen-bond donors (Lipinski definition) is 1. The van der Waals surface area contributed by atoms with Crippen LogP contribution in [0.3, 0.4) is 0 Å². The monoisotopic (exact) mass is 448 g/mol. The van der Waals surface area contributed by atoms with Gasteiger partial charge >= 0.3 is 6.09 Å².